The Labute approximate surface area is 200 Å². The molecule has 1 unspecified atom stereocenters. The second-order valence-corrected chi connectivity index (χ2v) is 8.76. The van der Waals surface area contributed by atoms with Crippen LogP contribution < -0.4 is 10.6 Å². The first-order chi connectivity index (χ1) is 16.5. The van der Waals surface area contributed by atoms with E-state index in [1.54, 1.807) is 6.07 Å². The van der Waals surface area contributed by atoms with E-state index in [-0.39, 0.29) is 16.7 Å². The van der Waals surface area contributed by atoms with Crippen LogP contribution in [0.2, 0.25) is 5.02 Å². The molecule has 0 radical (unpaired) electrons. The Morgan fingerprint density at radius 1 is 1.35 bits per heavy atom. The van der Waals surface area contributed by atoms with Crippen LogP contribution in [0.15, 0.2) is 39.6 Å². The van der Waals surface area contributed by atoms with E-state index in [2.05, 4.69) is 36.5 Å². The Balaban J connectivity index is 1.67. The number of benzene rings is 1. The van der Waals surface area contributed by atoms with E-state index in [0.717, 1.165) is 31.6 Å². The zero-order chi connectivity index (χ0) is 23.8. The Bertz CT molecular complexity index is 1210. The number of carbonyl (C=O) groups excluding carboxylic acids is 1. The summed E-state index contributed by atoms with van der Waals surface area (Å²) in [5.74, 6) is 1.01. The minimum Gasteiger partial charge on any atom is -0.494 e. The van der Waals surface area contributed by atoms with Gasteiger partial charge < -0.3 is 20.3 Å². The number of hydrogen-bond donors (Lipinski definition) is 1. The van der Waals surface area contributed by atoms with Crippen molar-refractivity contribution in [3.8, 4) is 11.3 Å². The van der Waals surface area contributed by atoms with Crippen molar-refractivity contribution in [2.45, 2.75) is 19.3 Å². The molecule has 1 aromatic carbocycles. The number of carbonyl (C=O) groups is 1. The van der Waals surface area contributed by atoms with E-state index >= 15 is 0 Å². The van der Waals surface area contributed by atoms with E-state index in [1.807, 2.05) is 0 Å². The third-order valence-corrected chi connectivity index (χ3v) is 6.62. The number of ether oxygens (including phenoxy) is 1. The number of allylic oxidation sites excluding steroid dienone is 1. The lowest BCUT2D eigenvalue weighted by Gasteiger charge is -2.48. The summed E-state index contributed by atoms with van der Waals surface area (Å²) in [6.07, 6.45) is 3.39. The minimum atomic E-state index is -0.541. The predicted octanol–water partition coefficient (Wildman–Crippen LogP) is 3.25. The van der Waals surface area contributed by atoms with Crippen LogP contribution in [-0.2, 0) is 9.53 Å². The van der Waals surface area contributed by atoms with E-state index in [4.69, 9.17) is 22.1 Å². The fourth-order valence-corrected chi connectivity index (χ4v) is 5.10. The van der Waals surface area contributed by atoms with E-state index in [9.17, 15) is 9.18 Å². The van der Waals surface area contributed by atoms with Crippen molar-refractivity contribution in [1.82, 2.24) is 14.9 Å². The Kier molecular flexibility index (Phi) is 5.91. The Morgan fingerprint density at radius 3 is 2.97 bits per heavy atom. The number of hydrogen-bond acceptors (Lipinski definition) is 7. The molecule has 11 heteroatoms. The van der Waals surface area contributed by atoms with Gasteiger partial charge in [-0.25, -0.2) is 19.4 Å². The third kappa shape index (κ3) is 3.87. The number of anilines is 1. The maximum absolute atomic E-state index is 13.9. The van der Waals surface area contributed by atoms with Gasteiger partial charge in [0.05, 0.1) is 23.9 Å². The van der Waals surface area contributed by atoms with Gasteiger partial charge in [-0.15, -0.1) is 0 Å². The zero-order valence-electron chi connectivity index (χ0n) is 18.4. The van der Waals surface area contributed by atoms with Gasteiger partial charge in [0.15, 0.2) is 17.5 Å². The average molecular weight is 484 g/mol. The van der Waals surface area contributed by atoms with Gasteiger partial charge in [-0.3, -0.25) is 4.79 Å². The second-order valence-electron chi connectivity index (χ2n) is 8.35. The highest BCUT2D eigenvalue weighted by atomic mass is 35.5. The van der Waals surface area contributed by atoms with Crippen molar-refractivity contribution in [2.24, 2.45) is 21.6 Å². The SMILES string of the molecule is C=Nc1nc(C(N)=NC=O)nc(-c2ccc(F)c(Cl)c2)c1N1CC2CCCC3=C2N(CCO3)C1. The highest BCUT2D eigenvalue weighted by Gasteiger charge is 2.38. The molecule has 0 spiro atoms. The molecule has 9 nitrogen and oxygen atoms in total. The molecule has 1 atom stereocenters. The highest BCUT2D eigenvalue weighted by molar-refractivity contribution is 6.31. The van der Waals surface area contributed by atoms with Crippen LogP contribution in [0.4, 0.5) is 15.9 Å². The van der Waals surface area contributed by atoms with Crippen molar-refractivity contribution in [2.75, 3.05) is 31.3 Å². The Morgan fingerprint density at radius 2 is 2.21 bits per heavy atom. The van der Waals surface area contributed by atoms with Gasteiger partial charge >= 0.3 is 0 Å². The molecule has 2 aromatic rings. The van der Waals surface area contributed by atoms with Gasteiger partial charge in [0.2, 0.25) is 6.41 Å². The molecule has 0 saturated carbocycles. The van der Waals surface area contributed by atoms with Crippen molar-refractivity contribution in [1.29, 1.82) is 0 Å². The van der Waals surface area contributed by atoms with Gasteiger partial charge in [0.1, 0.15) is 29.6 Å². The monoisotopic (exact) mass is 483 g/mol. The zero-order valence-corrected chi connectivity index (χ0v) is 19.1. The summed E-state index contributed by atoms with van der Waals surface area (Å²) >= 11 is 6.10. The molecular formula is C23H23ClFN7O2. The summed E-state index contributed by atoms with van der Waals surface area (Å²) in [6.45, 7) is 6.41. The van der Waals surface area contributed by atoms with Crippen molar-refractivity contribution in [3.05, 3.63) is 46.3 Å². The first kappa shape index (κ1) is 22.3. The number of aliphatic imine (C=N–C) groups is 2. The predicted molar refractivity (Wildman–Crippen MR) is 128 cm³/mol. The lowest BCUT2D eigenvalue weighted by molar-refractivity contribution is -0.106. The number of amidine groups is 1. The lowest BCUT2D eigenvalue weighted by atomic mass is 9.87. The first-order valence-corrected chi connectivity index (χ1v) is 11.3. The smallest absolute Gasteiger partial charge is 0.234 e. The highest BCUT2D eigenvalue weighted by Crippen LogP contribution is 2.44. The average Bonchev–Trinajstić information content (AvgIpc) is 2.85. The number of amides is 1. The fourth-order valence-electron chi connectivity index (χ4n) is 4.92. The lowest BCUT2D eigenvalue weighted by Crippen LogP contribution is -2.52. The van der Waals surface area contributed by atoms with Gasteiger partial charge in [-0.05, 0) is 37.8 Å². The molecule has 176 valence electrons. The summed E-state index contributed by atoms with van der Waals surface area (Å²) in [6, 6.07) is 4.36. The molecule has 1 fully saturated rings. The van der Waals surface area contributed by atoms with Crippen molar-refractivity contribution in [3.63, 3.8) is 0 Å². The quantitative estimate of drug-likeness (QED) is 0.395. The molecule has 5 rings (SSSR count). The third-order valence-electron chi connectivity index (χ3n) is 6.33. The van der Waals surface area contributed by atoms with Crippen molar-refractivity contribution >= 4 is 42.1 Å². The normalized spacial score (nSPS) is 20.1. The minimum absolute atomic E-state index is 0.0256. The number of rotatable bonds is 5. The van der Waals surface area contributed by atoms with Crippen LogP contribution >= 0.6 is 11.6 Å². The first-order valence-electron chi connectivity index (χ1n) is 11.0. The van der Waals surface area contributed by atoms with E-state index in [1.165, 1.54) is 17.8 Å². The van der Waals surface area contributed by atoms with Gasteiger partial charge in [0, 0.05) is 24.4 Å². The topological polar surface area (TPSA) is 109 Å². The maximum Gasteiger partial charge on any atom is 0.234 e. The molecule has 2 N–H and O–H groups in total. The summed E-state index contributed by atoms with van der Waals surface area (Å²) in [5, 5.41) is -0.0415. The maximum atomic E-state index is 13.9. The van der Waals surface area contributed by atoms with Crippen molar-refractivity contribution < 1.29 is 13.9 Å². The summed E-state index contributed by atoms with van der Waals surface area (Å²) in [7, 11) is 0. The van der Waals surface area contributed by atoms with Gasteiger partial charge in [-0.1, -0.05) is 11.6 Å². The molecule has 0 bridgehead atoms. The van der Waals surface area contributed by atoms with Crippen LogP contribution in [-0.4, -0.2) is 60.2 Å². The van der Waals surface area contributed by atoms with Crippen LogP contribution in [0.1, 0.15) is 25.1 Å². The van der Waals surface area contributed by atoms with Crippen LogP contribution in [0.5, 0.6) is 0 Å². The molecule has 3 heterocycles. The number of aromatic nitrogens is 2. The molecule has 1 aromatic heterocycles. The van der Waals surface area contributed by atoms with Gasteiger partial charge in [0.25, 0.3) is 0 Å². The molecule has 1 amide bonds. The number of halogens is 2. The summed E-state index contributed by atoms with van der Waals surface area (Å²) < 4.78 is 19.9. The fraction of sp³-hybridized carbons (Fsp3) is 0.348. The second kappa shape index (κ2) is 9.02. The molecule has 1 aliphatic carbocycles. The van der Waals surface area contributed by atoms with Crippen LogP contribution in [0, 0.1) is 11.7 Å². The molecule has 1 saturated heterocycles. The van der Waals surface area contributed by atoms with Crippen LogP contribution in [0.25, 0.3) is 11.3 Å². The van der Waals surface area contributed by atoms with Gasteiger partial charge in [-0.2, -0.15) is 4.99 Å². The van der Waals surface area contributed by atoms with Crippen LogP contribution in [0.3, 0.4) is 0 Å². The van der Waals surface area contributed by atoms with E-state index < -0.39 is 5.82 Å². The Hall–Kier alpha value is -3.53. The largest absolute Gasteiger partial charge is 0.494 e. The van der Waals surface area contributed by atoms with E-state index in [0.29, 0.717) is 54.9 Å². The number of nitrogens with two attached hydrogens (primary N) is 1. The number of nitrogens with zero attached hydrogens (tertiary/aromatic N) is 6. The molecule has 34 heavy (non-hydrogen) atoms. The molecular weight excluding hydrogens is 461 g/mol. The standard InChI is InChI=1S/C23H23ClFN7O2/c1-27-22-20(32-10-14-3-2-4-17-19(14)31(12-32)7-8-34-17)18(13-5-6-16(25)15(24)9-13)29-23(30-22)21(26)28-11-33/h5-6,9,11,14H,1-4,7-8,10,12H2,(H2,26,28,33). The molecule has 3 aliphatic rings. The summed E-state index contributed by atoms with van der Waals surface area (Å²) in [5.41, 5.74) is 8.85. The summed E-state index contributed by atoms with van der Waals surface area (Å²) in [4.78, 5) is 32.1. The molecule has 2 aliphatic heterocycles.